The fourth-order valence-corrected chi connectivity index (χ4v) is 6.52. The Morgan fingerprint density at radius 3 is 2.56 bits per heavy atom. The molecule has 3 aliphatic rings. The number of aryl methyl sites for hydroxylation is 1. The van der Waals surface area contributed by atoms with Crippen molar-refractivity contribution in [1.82, 2.24) is 0 Å². The highest BCUT2D eigenvalue weighted by Crippen LogP contribution is 2.53. The van der Waals surface area contributed by atoms with E-state index in [2.05, 4.69) is 90.7 Å². The van der Waals surface area contributed by atoms with Crippen molar-refractivity contribution in [1.29, 1.82) is 0 Å². The summed E-state index contributed by atoms with van der Waals surface area (Å²) in [5.74, 6) is 2.01. The van der Waals surface area contributed by atoms with Gasteiger partial charge in [0, 0.05) is 15.5 Å². The fourth-order valence-electron chi connectivity index (χ4n) is 5.44. The number of ether oxygens (including phenoxy) is 1. The number of nitrogens with zero attached hydrogens (tertiary/aromatic N) is 1. The standard InChI is InChI=1S/C28H22BNOS/c1-2-3-8-18-13-14-20-24(17-18)31-23-15-16-26-28-27(23)29(20)19-9-4-5-10-21(19)30(28)22-11-6-7-12-25(22)32-26/h4-7,9-17H,2-3,8H2,1H3. The van der Waals surface area contributed by atoms with Crippen molar-refractivity contribution in [3.8, 4) is 11.5 Å². The molecule has 4 aromatic rings. The molecule has 0 fully saturated rings. The molecule has 0 radical (unpaired) electrons. The third kappa shape index (κ3) is 2.50. The summed E-state index contributed by atoms with van der Waals surface area (Å²) < 4.78 is 6.58. The molecule has 3 aliphatic heterocycles. The van der Waals surface area contributed by atoms with Crippen molar-refractivity contribution in [2.45, 2.75) is 36.0 Å². The Hall–Kier alpha value is -3.11. The first-order valence-corrected chi connectivity index (χ1v) is 12.3. The topological polar surface area (TPSA) is 12.5 Å². The van der Waals surface area contributed by atoms with Gasteiger partial charge in [-0.05, 0) is 71.2 Å². The van der Waals surface area contributed by atoms with Gasteiger partial charge in [0.2, 0.25) is 0 Å². The highest BCUT2D eigenvalue weighted by Gasteiger charge is 2.44. The lowest BCUT2D eigenvalue weighted by Crippen LogP contribution is -2.59. The van der Waals surface area contributed by atoms with Gasteiger partial charge in [-0.25, -0.2) is 0 Å². The molecule has 0 saturated carbocycles. The molecule has 0 aliphatic carbocycles. The van der Waals surface area contributed by atoms with Crippen molar-refractivity contribution in [3.63, 3.8) is 0 Å². The minimum atomic E-state index is 0.197. The summed E-state index contributed by atoms with van der Waals surface area (Å²) >= 11 is 1.87. The van der Waals surface area contributed by atoms with Crippen molar-refractivity contribution >= 4 is 51.9 Å². The summed E-state index contributed by atoms with van der Waals surface area (Å²) in [7, 11) is 0. The zero-order chi connectivity index (χ0) is 21.2. The molecule has 3 heterocycles. The largest absolute Gasteiger partial charge is 0.458 e. The summed E-state index contributed by atoms with van der Waals surface area (Å²) in [6, 6.07) is 28.9. The number of unbranched alkanes of at least 4 members (excludes halogenated alkanes) is 1. The van der Waals surface area contributed by atoms with E-state index in [1.165, 1.54) is 61.6 Å². The van der Waals surface area contributed by atoms with E-state index in [0.717, 1.165) is 17.9 Å². The second kappa shape index (κ2) is 6.95. The average molecular weight is 431 g/mol. The quantitative estimate of drug-likeness (QED) is 0.323. The maximum atomic E-state index is 6.58. The van der Waals surface area contributed by atoms with Gasteiger partial charge in [-0.15, -0.1) is 0 Å². The molecule has 0 spiro atoms. The summed E-state index contributed by atoms with van der Waals surface area (Å²) in [6.07, 6.45) is 3.52. The molecule has 0 aromatic heterocycles. The van der Waals surface area contributed by atoms with E-state index in [1.807, 2.05) is 11.8 Å². The van der Waals surface area contributed by atoms with E-state index in [-0.39, 0.29) is 6.71 Å². The monoisotopic (exact) mass is 431 g/mol. The smallest absolute Gasteiger partial charge is 0.256 e. The predicted molar refractivity (Wildman–Crippen MR) is 135 cm³/mol. The molecule has 0 saturated heterocycles. The molecular weight excluding hydrogens is 409 g/mol. The maximum absolute atomic E-state index is 6.58. The molecule has 32 heavy (non-hydrogen) atoms. The molecule has 4 heteroatoms. The van der Waals surface area contributed by atoms with Crippen LogP contribution in [0.3, 0.4) is 0 Å². The Balaban J connectivity index is 1.49. The number of rotatable bonds is 3. The lowest BCUT2D eigenvalue weighted by atomic mass is 9.34. The van der Waals surface area contributed by atoms with Gasteiger partial charge in [0.25, 0.3) is 6.71 Å². The van der Waals surface area contributed by atoms with Crippen LogP contribution in [0, 0.1) is 0 Å². The van der Waals surface area contributed by atoms with Crippen LogP contribution in [0.1, 0.15) is 25.3 Å². The molecule has 4 aromatic carbocycles. The minimum absolute atomic E-state index is 0.197. The second-order valence-corrected chi connectivity index (χ2v) is 9.88. The lowest BCUT2D eigenvalue weighted by Gasteiger charge is -2.43. The molecule has 0 unspecified atom stereocenters. The van der Waals surface area contributed by atoms with Gasteiger partial charge in [-0.2, -0.15) is 0 Å². The van der Waals surface area contributed by atoms with Crippen LogP contribution in [0.25, 0.3) is 0 Å². The molecular formula is C28H22BNOS. The second-order valence-electron chi connectivity index (χ2n) is 8.80. The fraction of sp³-hybridized carbons (Fsp3) is 0.143. The van der Waals surface area contributed by atoms with E-state index in [4.69, 9.17) is 4.74 Å². The highest BCUT2D eigenvalue weighted by atomic mass is 32.2. The predicted octanol–water partition coefficient (Wildman–Crippen LogP) is 5.90. The zero-order valence-corrected chi connectivity index (χ0v) is 18.8. The summed E-state index contributed by atoms with van der Waals surface area (Å²) in [5.41, 5.74) is 9.12. The molecule has 0 bridgehead atoms. The van der Waals surface area contributed by atoms with Gasteiger partial charge in [0.1, 0.15) is 11.5 Å². The number of anilines is 3. The maximum Gasteiger partial charge on any atom is 0.256 e. The number of hydrogen-bond donors (Lipinski definition) is 0. The third-order valence-corrected chi connectivity index (χ3v) is 8.01. The third-order valence-electron chi connectivity index (χ3n) is 6.89. The first kappa shape index (κ1) is 18.5. The van der Waals surface area contributed by atoms with Crippen LogP contribution < -0.4 is 26.0 Å². The van der Waals surface area contributed by atoms with Crippen LogP contribution >= 0.6 is 11.8 Å². The molecule has 2 nitrogen and oxygen atoms in total. The highest BCUT2D eigenvalue weighted by molar-refractivity contribution is 7.99. The Morgan fingerprint density at radius 2 is 1.66 bits per heavy atom. The van der Waals surface area contributed by atoms with Gasteiger partial charge in [0.15, 0.2) is 0 Å². The molecule has 7 rings (SSSR count). The molecule has 154 valence electrons. The van der Waals surface area contributed by atoms with E-state index in [9.17, 15) is 0 Å². The van der Waals surface area contributed by atoms with Gasteiger partial charge in [-0.3, -0.25) is 0 Å². The van der Waals surface area contributed by atoms with Crippen LogP contribution in [0.15, 0.2) is 88.7 Å². The Kier molecular flexibility index (Phi) is 4.01. The average Bonchev–Trinajstić information content (AvgIpc) is 2.85. The van der Waals surface area contributed by atoms with Crippen molar-refractivity contribution in [3.05, 3.63) is 84.4 Å². The summed E-state index contributed by atoms with van der Waals surface area (Å²) in [6.45, 7) is 2.44. The van der Waals surface area contributed by atoms with Gasteiger partial charge >= 0.3 is 0 Å². The van der Waals surface area contributed by atoms with Crippen LogP contribution in [-0.2, 0) is 6.42 Å². The normalized spacial score (nSPS) is 14.2. The Bertz CT molecular complexity index is 1400. The summed E-state index contributed by atoms with van der Waals surface area (Å²) in [5, 5.41) is 0. The van der Waals surface area contributed by atoms with Crippen molar-refractivity contribution < 1.29 is 4.74 Å². The summed E-state index contributed by atoms with van der Waals surface area (Å²) in [4.78, 5) is 5.05. The van der Waals surface area contributed by atoms with E-state index in [1.54, 1.807) is 0 Å². The minimum Gasteiger partial charge on any atom is -0.458 e. The Labute approximate surface area is 193 Å². The van der Waals surface area contributed by atoms with E-state index >= 15 is 0 Å². The SMILES string of the molecule is CCCCc1ccc2c(c1)Oc1ccc3c4c1B2c1ccccc1N4c1ccccc1S3. The van der Waals surface area contributed by atoms with Crippen LogP contribution in [0.2, 0.25) is 0 Å². The van der Waals surface area contributed by atoms with Crippen LogP contribution in [0.5, 0.6) is 11.5 Å². The molecule has 0 amide bonds. The molecule has 0 atom stereocenters. The lowest BCUT2D eigenvalue weighted by molar-refractivity contribution is 0.486. The number of fused-ring (bicyclic) bond motifs is 7. The van der Waals surface area contributed by atoms with Gasteiger partial charge < -0.3 is 9.64 Å². The number of hydrogen-bond acceptors (Lipinski definition) is 3. The van der Waals surface area contributed by atoms with Gasteiger partial charge in [0.05, 0.1) is 11.4 Å². The first-order valence-electron chi connectivity index (χ1n) is 11.5. The molecule has 0 N–H and O–H groups in total. The van der Waals surface area contributed by atoms with Gasteiger partial charge in [-0.1, -0.05) is 67.6 Å². The van der Waals surface area contributed by atoms with E-state index in [0.29, 0.717) is 0 Å². The number of benzene rings is 4. The van der Waals surface area contributed by atoms with E-state index < -0.39 is 0 Å². The zero-order valence-electron chi connectivity index (χ0n) is 18.0. The van der Waals surface area contributed by atoms with Crippen molar-refractivity contribution in [2.24, 2.45) is 0 Å². The van der Waals surface area contributed by atoms with Crippen LogP contribution in [-0.4, -0.2) is 6.71 Å². The number of para-hydroxylation sites is 2. The van der Waals surface area contributed by atoms with Crippen molar-refractivity contribution in [2.75, 3.05) is 4.90 Å². The Morgan fingerprint density at radius 1 is 0.812 bits per heavy atom. The first-order chi connectivity index (χ1) is 15.8. The van der Waals surface area contributed by atoms with Crippen LogP contribution in [0.4, 0.5) is 17.1 Å².